The first kappa shape index (κ1) is 14.5. The highest BCUT2D eigenvalue weighted by molar-refractivity contribution is 7.89. The third kappa shape index (κ3) is 3.23. The fourth-order valence-electron chi connectivity index (χ4n) is 1.17. The molecule has 1 atom stereocenters. The van der Waals surface area contributed by atoms with Crippen molar-refractivity contribution in [3.05, 3.63) is 29.8 Å². The topological polar surface area (TPSA) is 72.5 Å². The Kier molecular flexibility index (Phi) is 4.36. The lowest BCUT2D eigenvalue weighted by Crippen LogP contribution is -2.39. The fourth-order valence-corrected chi connectivity index (χ4v) is 2.37. The maximum Gasteiger partial charge on any atom is 0.323 e. The standard InChI is InChI=1S/C10H11F2NO4S/c1-6(10(14)17-2)13-18(15,16)7-3-4-8(11)9(12)5-7/h3-6,13H,1-2H3/t6-/m0/s1. The second kappa shape index (κ2) is 5.40. The molecule has 1 rings (SSSR count). The smallest absolute Gasteiger partial charge is 0.323 e. The summed E-state index contributed by atoms with van der Waals surface area (Å²) in [5, 5.41) is 0. The number of sulfonamides is 1. The molecular formula is C10H11F2NO4S. The van der Waals surface area contributed by atoms with E-state index in [2.05, 4.69) is 4.74 Å². The zero-order valence-electron chi connectivity index (χ0n) is 9.61. The largest absolute Gasteiger partial charge is 0.468 e. The Bertz CT molecular complexity index is 559. The van der Waals surface area contributed by atoms with Gasteiger partial charge in [0.15, 0.2) is 11.6 Å². The highest BCUT2D eigenvalue weighted by atomic mass is 32.2. The molecule has 0 spiro atoms. The lowest BCUT2D eigenvalue weighted by molar-refractivity contribution is -0.142. The van der Waals surface area contributed by atoms with Gasteiger partial charge >= 0.3 is 5.97 Å². The summed E-state index contributed by atoms with van der Waals surface area (Å²) in [7, 11) is -3.01. The number of carbonyl (C=O) groups is 1. The van der Waals surface area contributed by atoms with Crippen LogP contribution in [0.25, 0.3) is 0 Å². The first-order valence-electron chi connectivity index (χ1n) is 4.83. The Morgan fingerprint density at radius 1 is 1.33 bits per heavy atom. The zero-order valence-corrected chi connectivity index (χ0v) is 10.4. The summed E-state index contributed by atoms with van der Waals surface area (Å²) >= 11 is 0. The maximum atomic E-state index is 12.9. The highest BCUT2D eigenvalue weighted by Gasteiger charge is 2.23. The number of nitrogens with one attached hydrogen (secondary N) is 1. The number of methoxy groups -OCH3 is 1. The predicted octanol–water partition coefficient (Wildman–Crippen LogP) is 0.805. The Morgan fingerprint density at radius 3 is 2.44 bits per heavy atom. The minimum atomic E-state index is -4.11. The van der Waals surface area contributed by atoms with Crippen molar-refractivity contribution in [2.75, 3.05) is 7.11 Å². The lowest BCUT2D eigenvalue weighted by Gasteiger charge is -2.12. The van der Waals surface area contributed by atoms with E-state index in [0.717, 1.165) is 13.2 Å². The van der Waals surface area contributed by atoms with Crippen molar-refractivity contribution in [2.24, 2.45) is 0 Å². The second-order valence-electron chi connectivity index (χ2n) is 3.44. The third-order valence-corrected chi connectivity index (χ3v) is 3.63. The van der Waals surface area contributed by atoms with E-state index in [9.17, 15) is 22.0 Å². The SMILES string of the molecule is COC(=O)[C@H](C)NS(=O)(=O)c1ccc(F)c(F)c1. The van der Waals surface area contributed by atoms with E-state index in [1.165, 1.54) is 6.92 Å². The van der Waals surface area contributed by atoms with Crippen LogP contribution in [0.1, 0.15) is 6.92 Å². The monoisotopic (exact) mass is 279 g/mol. The van der Waals surface area contributed by atoms with E-state index < -0.39 is 38.6 Å². The number of hydrogen-bond donors (Lipinski definition) is 1. The van der Waals surface area contributed by atoms with E-state index in [0.29, 0.717) is 12.1 Å². The summed E-state index contributed by atoms with van der Waals surface area (Å²) in [5.74, 6) is -3.24. The van der Waals surface area contributed by atoms with Gasteiger partial charge in [-0.15, -0.1) is 0 Å². The molecular weight excluding hydrogens is 268 g/mol. The van der Waals surface area contributed by atoms with E-state index >= 15 is 0 Å². The molecule has 100 valence electrons. The zero-order chi connectivity index (χ0) is 13.9. The first-order valence-corrected chi connectivity index (χ1v) is 6.31. The number of hydrogen-bond acceptors (Lipinski definition) is 4. The number of benzene rings is 1. The molecule has 0 saturated carbocycles. The number of esters is 1. The maximum absolute atomic E-state index is 12.9. The first-order chi connectivity index (χ1) is 8.27. The number of halogens is 2. The Hall–Kier alpha value is -1.54. The Balaban J connectivity index is 3.00. The number of rotatable bonds is 4. The van der Waals surface area contributed by atoms with Crippen LogP contribution in [0.15, 0.2) is 23.1 Å². The van der Waals surface area contributed by atoms with Gasteiger partial charge in [-0.05, 0) is 25.1 Å². The van der Waals surface area contributed by atoms with Gasteiger partial charge in [-0.25, -0.2) is 17.2 Å². The van der Waals surface area contributed by atoms with Crippen molar-refractivity contribution in [3.63, 3.8) is 0 Å². The average molecular weight is 279 g/mol. The molecule has 0 aliphatic heterocycles. The van der Waals surface area contributed by atoms with Crippen molar-refractivity contribution < 1.29 is 26.7 Å². The molecule has 18 heavy (non-hydrogen) atoms. The van der Waals surface area contributed by atoms with Crippen molar-refractivity contribution in [1.82, 2.24) is 4.72 Å². The van der Waals surface area contributed by atoms with Gasteiger partial charge in [0.05, 0.1) is 12.0 Å². The molecule has 1 N–H and O–H groups in total. The van der Waals surface area contributed by atoms with Crippen LogP contribution in [0.2, 0.25) is 0 Å². The normalized spacial score (nSPS) is 13.1. The molecule has 0 saturated heterocycles. The molecule has 1 aromatic rings. The van der Waals surface area contributed by atoms with Gasteiger partial charge < -0.3 is 4.74 Å². The Morgan fingerprint density at radius 2 is 1.94 bits per heavy atom. The van der Waals surface area contributed by atoms with Crippen LogP contribution < -0.4 is 4.72 Å². The molecule has 0 aliphatic rings. The van der Waals surface area contributed by atoms with Crippen molar-refractivity contribution in [3.8, 4) is 0 Å². The van der Waals surface area contributed by atoms with Gasteiger partial charge in [0.1, 0.15) is 6.04 Å². The van der Waals surface area contributed by atoms with Gasteiger partial charge in [-0.1, -0.05) is 0 Å². The second-order valence-corrected chi connectivity index (χ2v) is 5.16. The predicted molar refractivity (Wildman–Crippen MR) is 58.2 cm³/mol. The minimum Gasteiger partial charge on any atom is -0.468 e. The van der Waals surface area contributed by atoms with Crippen molar-refractivity contribution >= 4 is 16.0 Å². The van der Waals surface area contributed by atoms with Gasteiger partial charge in [0, 0.05) is 0 Å². The third-order valence-electron chi connectivity index (χ3n) is 2.09. The molecule has 0 radical (unpaired) electrons. The molecule has 0 aliphatic carbocycles. The molecule has 1 aromatic carbocycles. The quantitative estimate of drug-likeness (QED) is 0.828. The summed E-state index contributed by atoms with van der Waals surface area (Å²) in [5.41, 5.74) is 0. The van der Waals surface area contributed by atoms with Gasteiger partial charge in [0.2, 0.25) is 10.0 Å². The lowest BCUT2D eigenvalue weighted by atomic mass is 10.3. The van der Waals surface area contributed by atoms with Crippen LogP contribution in [-0.2, 0) is 19.6 Å². The average Bonchev–Trinajstić information content (AvgIpc) is 2.30. The molecule has 0 heterocycles. The molecule has 8 heteroatoms. The van der Waals surface area contributed by atoms with Crippen LogP contribution in [0, 0.1) is 11.6 Å². The van der Waals surface area contributed by atoms with E-state index in [4.69, 9.17) is 0 Å². The van der Waals surface area contributed by atoms with Crippen molar-refractivity contribution in [2.45, 2.75) is 17.9 Å². The summed E-state index contributed by atoms with van der Waals surface area (Å²) < 4.78 is 55.3. The van der Waals surface area contributed by atoms with Crippen LogP contribution in [0.4, 0.5) is 8.78 Å². The van der Waals surface area contributed by atoms with E-state index in [-0.39, 0.29) is 0 Å². The van der Waals surface area contributed by atoms with E-state index in [1.54, 1.807) is 0 Å². The molecule has 0 aromatic heterocycles. The van der Waals surface area contributed by atoms with Crippen molar-refractivity contribution in [1.29, 1.82) is 0 Å². The number of ether oxygens (including phenoxy) is 1. The Labute approximate surface area is 103 Å². The van der Waals surface area contributed by atoms with Crippen LogP contribution in [0.3, 0.4) is 0 Å². The number of carbonyl (C=O) groups excluding carboxylic acids is 1. The molecule has 0 fully saturated rings. The van der Waals surface area contributed by atoms with Crippen LogP contribution in [-0.4, -0.2) is 27.5 Å². The summed E-state index contributed by atoms with van der Waals surface area (Å²) in [6.45, 7) is 1.27. The summed E-state index contributed by atoms with van der Waals surface area (Å²) in [4.78, 5) is 10.6. The molecule has 0 unspecified atom stereocenters. The summed E-state index contributed by atoms with van der Waals surface area (Å²) in [6.07, 6.45) is 0. The molecule has 0 amide bonds. The molecule has 0 bridgehead atoms. The highest BCUT2D eigenvalue weighted by Crippen LogP contribution is 2.14. The van der Waals surface area contributed by atoms with Crippen LogP contribution in [0.5, 0.6) is 0 Å². The van der Waals surface area contributed by atoms with Gasteiger partial charge in [-0.3, -0.25) is 4.79 Å². The van der Waals surface area contributed by atoms with Gasteiger partial charge in [-0.2, -0.15) is 4.72 Å². The van der Waals surface area contributed by atoms with Crippen LogP contribution >= 0.6 is 0 Å². The fraction of sp³-hybridized carbons (Fsp3) is 0.300. The van der Waals surface area contributed by atoms with E-state index in [1.807, 2.05) is 4.72 Å². The summed E-state index contributed by atoms with van der Waals surface area (Å²) in [6, 6.07) is 0.979. The minimum absolute atomic E-state index is 0.475. The van der Waals surface area contributed by atoms with Gasteiger partial charge in [0.25, 0.3) is 0 Å². The molecule has 5 nitrogen and oxygen atoms in total.